The van der Waals surface area contributed by atoms with Gasteiger partial charge < -0.3 is 19.9 Å². The average molecular weight is 315 g/mol. The molecule has 2 N–H and O–H groups in total. The van der Waals surface area contributed by atoms with Crippen LogP contribution in [-0.2, 0) is 20.7 Å². The van der Waals surface area contributed by atoms with Crippen molar-refractivity contribution in [3.05, 3.63) is 54.1 Å². The van der Waals surface area contributed by atoms with Crippen molar-refractivity contribution in [1.29, 1.82) is 0 Å². The van der Waals surface area contributed by atoms with E-state index in [1.165, 1.54) is 19.2 Å². The number of phenols is 1. The number of carbonyl (C=O) groups is 2. The van der Waals surface area contributed by atoms with E-state index in [1.54, 1.807) is 36.4 Å². The van der Waals surface area contributed by atoms with Crippen LogP contribution in [0, 0.1) is 0 Å². The molecule has 120 valence electrons. The Kier molecular flexibility index (Phi) is 5.57. The molecule has 23 heavy (non-hydrogen) atoms. The van der Waals surface area contributed by atoms with Crippen molar-refractivity contribution in [2.24, 2.45) is 0 Å². The Morgan fingerprint density at radius 2 is 1.87 bits per heavy atom. The second kappa shape index (κ2) is 7.84. The van der Waals surface area contributed by atoms with E-state index >= 15 is 0 Å². The van der Waals surface area contributed by atoms with Crippen LogP contribution in [0.15, 0.2) is 48.5 Å². The fraction of sp³-hybridized carbons (Fsp3) is 0.176. The quantitative estimate of drug-likeness (QED) is 0.798. The Morgan fingerprint density at radius 1 is 1.13 bits per heavy atom. The molecule has 2 aromatic rings. The van der Waals surface area contributed by atoms with E-state index in [0.717, 1.165) is 0 Å². The Balaban J connectivity index is 1.79. The van der Waals surface area contributed by atoms with Gasteiger partial charge in [0.1, 0.15) is 11.5 Å². The molecule has 1 amide bonds. The fourth-order valence-electron chi connectivity index (χ4n) is 1.88. The number of benzene rings is 2. The number of nitrogens with one attached hydrogen (secondary N) is 1. The van der Waals surface area contributed by atoms with E-state index in [2.05, 4.69) is 5.32 Å². The number of methoxy groups -OCH3 is 1. The Hall–Kier alpha value is -3.02. The molecule has 0 aromatic heterocycles. The number of hydrogen-bond donors (Lipinski definition) is 2. The van der Waals surface area contributed by atoms with E-state index in [-0.39, 0.29) is 18.8 Å². The molecule has 0 heterocycles. The number of aromatic hydroxyl groups is 1. The number of anilines is 1. The molecule has 0 unspecified atom stereocenters. The number of carbonyl (C=O) groups excluding carboxylic acids is 2. The highest BCUT2D eigenvalue weighted by Crippen LogP contribution is 2.16. The summed E-state index contributed by atoms with van der Waals surface area (Å²) in [7, 11) is 1.53. The lowest BCUT2D eigenvalue weighted by Crippen LogP contribution is -2.21. The number of ether oxygens (including phenoxy) is 2. The van der Waals surface area contributed by atoms with Gasteiger partial charge in [-0.15, -0.1) is 0 Å². The van der Waals surface area contributed by atoms with Crippen LogP contribution in [0.3, 0.4) is 0 Å². The minimum absolute atomic E-state index is 0.0344. The van der Waals surface area contributed by atoms with Crippen LogP contribution in [-0.4, -0.2) is 30.7 Å². The maximum absolute atomic E-state index is 11.8. The van der Waals surface area contributed by atoms with E-state index in [0.29, 0.717) is 17.0 Å². The van der Waals surface area contributed by atoms with Crippen LogP contribution in [0.25, 0.3) is 0 Å². The number of esters is 1. The summed E-state index contributed by atoms with van der Waals surface area (Å²) >= 11 is 0. The Labute approximate surface area is 133 Å². The minimum atomic E-state index is -0.517. The topological polar surface area (TPSA) is 84.9 Å². The lowest BCUT2D eigenvalue weighted by atomic mass is 10.1. The Bertz CT molecular complexity index is 682. The predicted molar refractivity (Wildman–Crippen MR) is 84.4 cm³/mol. The molecule has 0 saturated carbocycles. The largest absolute Gasteiger partial charge is 0.508 e. The molecule has 2 aromatic carbocycles. The van der Waals surface area contributed by atoms with E-state index in [4.69, 9.17) is 14.6 Å². The second-order valence-electron chi connectivity index (χ2n) is 4.78. The molecule has 0 atom stereocenters. The first-order chi connectivity index (χ1) is 11.1. The standard InChI is InChI=1S/C17H17NO5/c1-22-15-4-2-3-13(10-15)18-16(20)11-23-17(21)9-12-5-7-14(19)8-6-12/h2-8,10,19H,9,11H2,1H3,(H,18,20). The first kappa shape index (κ1) is 16.4. The van der Waals surface area contributed by atoms with Gasteiger partial charge in [0.05, 0.1) is 13.5 Å². The minimum Gasteiger partial charge on any atom is -0.508 e. The monoisotopic (exact) mass is 315 g/mol. The molecule has 0 aliphatic heterocycles. The molecule has 6 heteroatoms. The number of phenolic OH excluding ortho intramolecular Hbond substituents is 1. The van der Waals surface area contributed by atoms with Gasteiger partial charge in [0.15, 0.2) is 6.61 Å². The highest BCUT2D eigenvalue weighted by Gasteiger charge is 2.09. The van der Waals surface area contributed by atoms with Gasteiger partial charge in [-0.25, -0.2) is 0 Å². The lowest BCUT2D eigenvalue weighted by Gasteiger charge is -2.08. The van der Waals surface area contributed by atoms with Crippen LogP contribution in [0.5, 0.6) is 11.5 Å². The third-order valence-electron chi connectivity index (χ3n) is 3.00. The molecule has 0 aliphatic rings. The average Bonchev–Trinajstić information content (AvgIpc) is 2.55. The maximum atomic E-state index is 11.8. The van der Waals surface area contributed by atoms with Gasteiger partial charge in [0.25, 0.3) is 5.91 Å². The third-order valence-corrected chi connectivity index (χ3v) is 3.00. The number of amides is 1. The van der Waals surface area contributed by atoms with Gasteiger partial charge in [0.2, 0.25) is 0 Å². The predicted octanol–water partition coefficient (Wildman–Crippen LogP) is 2.13. The molecule has 0 bridgehead atoms. The summed E-state index contributed by atoms with van der Waals surface area (Å²) in [6.45, 7) is -0.367. The second-order valence-corrected chi connectivity index (χ2v) is 4.78. The van der Waals surface area contributed by atoms with Crippen LogP contribution in [0.4, 0.5) is 5.69 Å². The molecule has 0 fully saturated rings. The van der Waals surface area contributed by atoms with E-state index in [1.807, 2.05) is 0 Å². The van der Waals surface area contributed by atoms with E-state index in [9.17, 15) is 9.59 Å². The molecule has 0 aliphatic carbocycles. The summed E-state index contributed by atoms with van der Waals surface area (Å²) in [5, 5.41) is 11.8. The van der Waals surface area contributed by atoms with Crippen LogP contribution in [0.2, 0.25) is 0 Å². The fourth-order valence-corrected chi connectivity index (χ4v) is 1.88. The third kappa shape index (κ3) is 5.35. The normalized spacial score (nSPS) is 9.96. The van der Waals surface area contributed by atoms with Crippen LogP contribution >= 0.6 is 0 Å². The SMILES string of the molecule is COc1cccc(NC(=O)COC(=O)Cc2ccc(O)cc2)c1. The van der Waals surface area contributed by atoms with Crippen molar-refractivity contribution in [3.8, 4) is 11.5 Å². The van der Waals surface area contributed by atoms with Crippen molar-refractivity contribution in [2.45, 2.75) is 6.42 Å². The molecular weight excluding hydrogens is 298 g/mol. The first-order valence-corrected chi connectivity index (χ1v) is 6.94. The lowest BCUT2D eigenvalue weighted by molar-refractivity contribution is -0.146. The van der Waals surface area contributed by atoms with Gasteiger partial charge in [0, 0.05) is 11.8 Å². The van der Waals surface area contributed by atoms with Gasteiger partial charge in [-0.05, 0) is 29.8 Å². The van der Waals surface area contributed by atoms with Gasteiger partial charge in [-0.3, -0.25) is 9.59 Å². The summed E-state index contributed by atoms with van der Waals surface area (Å²) in [4.78, 5) is 23.4. The molecule has 6 nitrogen and oxygen atoms in total. The van der Waals surface area contributed by atoms with Crippen molar-refractivity contribution in [1.82, 2.24) is 0 Å². The number of hydrogen-bond acceptors (Lipinski definition) is 5. The smallest absolute Gasteiger partial charge is 0.310 e. The maximum Gasteiger partial charge on any atom is 0.310 e. The molecule has 0 saturated heterocycles. The van der Waals surface area contributed by atoms with E-state index < -0.39 is 11.9 Å². The summed E-state index contributed by atoms with van der Waals surface area (Å²) in [5.74, 6) is -0.208. The Morgan fingerprint density at radius 3 is 2.57 bits per heavy atom. The van der Waals surface area contributed by atoms with Crippen molar-refractivity contribution >= 4 is 17.6 Å². The molecule has 0 radical (unpaired) electrons. The van der Waals surface area contributed by atoms with Crippen molar-refractivity contribution in [3.63, 3.8) is 0 Å². The summed E-state index contributed by atoms with van der Waals surface area (Å²) in [6, 6.07) is 13.1. The summed E-state index contributed by atoms with van der Waals surface area (Å²) in [5.41, 5.74) is 1.25. The molecular formula is C17H17NO5. The zero-order chi connectivity index (χ0) is 16.7. The highest BCUT2D eigenvalue weighted by atomic mass is 16.5. The summed E-state index contributed by atoms with van der Waals surface area (Å²) in [6.07, 6.45) is 0.0344. The van der Waals surface area contributed by atoms with Gasteiger partial charge in [-0.1, -0.05) is 18.2 Å². The van der Waals surface area contributed by atoms with Crippen LogP contribution < -0.4 is 10.1 Å². The van der Waals surface area contributed by atoms with Gasteiger partial charge in [-0.2, -0.15) is 0 Å². The van der Waals surface area contributed by atoms with Crippen LogP contribution in [0.1, 0.15) is 5.56 Å². The zero-order valence-corrected chi connectivity index (χ0v) is 12.6. The first-order valence-electron chi connectivity index (χ1n) is 6.94. The molecule has 2 rings (SSSR count). The zero-order valence-electron chi connectivity index (χ0n) is 12.6. The van der Waals surface area contributed by atoms with Gasteiger partial charge >= 0.3 is 5.97 Å². The van der Waals surface area contributed by atoms with Crippen molar-refractivity contribution in [2.75, 3.05) is 19.0 Å². The highest BCUT2D eigenvalue weighted by molar-refractivity contribution is 5.93. The van der Waals surface area contributed by atoms with Crippen molar-refractivity contribution < 1.29 is 24.2 Å². The summed E-state index contributed by atoms with van der Waals surface area (Å²) < 4.78 is 9.98. The molecule has 0 spiro atoms. The number of rotatable bonds is 6.